The van der Waals surface area contributed by atoms with Crippen molar-refractivity contribution in [3.8, 4) is 5.75 Å². The van der Waals surface area contributed by atoms with E-state index in [4.69, 9.17) is 4.74 Å². The van der Waals surface area contributed by atoms with Gasteiger partial charge in [0.25, 0.3) is 11.8 Å². The second kappa shape index (κ2) is 9.27. The smallest absolute Gasteiger partial charge is 0.262 e. The lowest BCUT2D eigenvalue weighted by molar-refractivity contribution is -0.118. The third-order valence-electron chi connectivity index (χ3n) is 4.92. The van der Waals surface area contributed by atoms with E-state index >= 15 is 0 Å². The fourth-order valence-corrected chi connectivity index (χ4v) is 4.62. The lowest BCUT2D eigenvalue weighted by atomic mass is 10.1. The summed E-state index contributed by atoms with van der Waals surface area (Å²) in [5.74, 6) is 0.437. The van der Waals surface area contributed by atoms with Crippen molar-refractivity contribution in [1.82, 2.24) is 0 Å². The molecule has 4 rings (SSSR count). The number of carbonyl (C=O) groups excluding carboxylic acids is 2. The van der Waals surface area contributed by atoms with E-state index in [-0.39, 0.29) is 18.4 Å². The molecular weight excluding hydrogens is 408 g/mol. The number of aryl methyl sites for hydroxylation is 1. The Labute approximate surface area is 186 Å². The van der Waals surface area contributed by atoms with Crippen molar-refractivity contribution in [3.63, 3.8) is 0 Å². The molecule has 5 nitrogen and oxygen atoms in total. The SMILES string of the molecule is CCCN1C(=O)c2ccccc2Sc2cc(NC(=O)COc3cccc(C)c3)ccc21. The number of hydrogen-bond donors (Lipinski definition) is 1. The average molecular weight is 433 g/mol. The van der Waals surface area contributed by atoms with Gasteiger partial charge in [0.15, 0.2) is 6.61 Å². The fourth-order valence-electron chi connectivity index (χ4n) is 3.50. The Hall–Kier alpha value is -3.25. The minimum absolute atomic E-state index is 0.00652. The summed E-state index contributed by atoms with van der Waals surface area (Å²) in [4.78, 5) is 29.2. The number of ether oxygens (including phenoxy) is 1. The van der Waals surface area contributed by atoms with E-state index in [0.29, 0.717) is 23.5 Å². The molecule has 0 radical (unpaired) electrons. The first-order valence-corrected chi connectivity index (χ1v) is 11.1. The van der Waals surface area contributed by atoms with Gasteiger partial charge in [0, 0.05) is 22.0 Å². The van der Waals surface area contributed by atoms with Crippen molar-refractivity contribution in [3.05, 3.63) is 77.9 Å². The van der Waals surface area contributed by atoms with Gasteiger partial charge in [-0.15, -0.1) is 0 Å². The maximum Gasteiger partial charge on any atom is 0.262 e. The van der Waals surface area contributed by atoms with Crippen LogP contribution in [0.2, 0.25) is 0 Å². The summed E-state index contributed by atoms with van der Waals surface area (Å²) in [5.41, 5.74) is 3.32. The highest BCUT2D eigenvalue weighted by molar-refractivity contribution is 7.99. The molecule has 0 bridgehead atoms. The van der Waals surface area contributed by atoms with Gasteiger partial charge in [0.2, 0.25) is 0 Å². The molecule has 1 aliphatic heterocycles. The number of amides is 2. The molecule has 1 aliphatic rings. The Morgan fingerprint density at radius 1 is 1.03 bits per heavy atom. The van der Waals surface area contributed by atoms with E-state index in [0.717, 1.165) is 27.5 Å². The average Bonchev–Trinajstić information content (AvgIpc) is 2.87. The van der Waals surface area contributed by atoms with Crippen molar-refractivity contribution < 1.29 is 14.3 Å². The largest absolute Gasteiger partial charge is 0.484 e. The van der Waals surface area contributed by atoms with Crippen LogP contribution in [0, 0.1) is 6.92 Å². The van der Waals surface area contributed by atoms with Gasteiger partial charge in [-0.05, 0) is 61.4 Å². The van der Waals surface area contributed by atoms with E-state index in [1.807, 2.05) is 78.6 Å². The van der Waals surface area contributed by atoms with Gasteiger partial charge < -0.3 is 15.0 Å². The third-order valence-corrected chi connectivity index (χ3v) is 6.05. The van der Waals surface area contributed by atoms with Crippen LogP contribution < -0.4 is 15.0 Å². The summed E-state index contributed by atoms with van der Waals surface area (Å²) in [5, 5.41) is 2.90. The maximum atomic E-state index is 13.1. The Morgan fingerprint density at radius 3 is 2.68 bits per heavy atom. The number of benzene rings is 3. The minimum Gasteiger partial charge on any atom is -0.484 e. The number of nitrogens with zero attached hydrogens (tertiary/aromatic N) is 1. The van der Waals surface area contributed by atoms with Gasteiger partial charge in [0.1, 0.15) is 5.75 Å². The highest BCUT2D eigenvalue weighted by Gasteiger charge is 2.26. The molecule has 158 valence electrons. The predicted octanol–water partition coefficient (Wildman–Crippen LogP) is 5.53. The summed E-state index contributed by atoms with van der Waals surface area (Å²) in [6, 6.07) is 20.9. The molecule has 3 aromatic rings. The molecule has 0 spiro atoms. The van der Waals surface area contributed by atoms with Gasteiger partial charge in [0.05, 0.1) is 11.3 Å². The van der Waals surface area contributed by atoms with Gasteiger partial charge in [-0.1, -0.05) is 43.0 Å². The lowest BCUT2D eigenvalue weighted by Gasteiger charge is -2.22. The third kappa shape index (κ3) is 4.75. The normalized spacial score (nSPS) is 12.6. The number of fused-ring (bicyclic) bond motifs is 2. The summed E-state index contributed by atoms with van der Waals surface area (Å²) in [7, 11) is 0. The molecule has 1 N–H and O–H groups in total. The molecule has 0 fully saturated rings. The Balaban J connectivity index is 1.54. The van der Waals surface area contributed by atoms with Crippen LogP contribution in [0.4, 0.5) is 11.4 Å². The van der Waals surface area contributed by atoms with E-state index < -0.39 is 0 Å². The van der Waals surface area contributed by atoms with Crippen LogP contribution in [0.3, 0.4) is 0 Å². The van der Waals surface area contributed by atoms with Crippen molar-refractivity contribution >= 4 is 35.0 Å². The van der Waals surface area contributed by atoms with Crippen LogP contribution in [0.5, 0.6) is 5.75 Å². The maximum absolute atomic E-state index is 13.1. The van der Waals surface area contributed by atoms with Crippen LogP contribution in [0.15, 0.2) is 76.5 Å². The first kappa shape index (κ1) is 21.0. The first-order chi connectivity index (χ1) is 15.0. The molecule has 0 unspecified atom stereocenters. The monoisotopic (exact) mass is 432 g/mol. The van der Waals surface area contributed by atoms with Gasteiger partial charge in [-0.2, -0.15) is 0 Å². The summed E-state index contributed by atoms with van der Waals surface area (Å²) < 4.78 is 5.59. The molecule has 1 heterocycles. The molecule has 0 atom stereocenters. The molecule has 0 saturated carbocycles. The van der Waals surface area contributed by atoms with Crippen molar-refractivity contribution in [1.29, 1.82) is 0 Å². The number of anilines is 2. The van der Waals surface area contributed by atoms with Crippen molar-refractivity contribution in [2.24, 2.45) is 0 Å². The Kier molecular flexibility index (Phi) is 6.28. The second-order valence-electron chi connectivity index (χ2n) is 7.39. The number of rotatable bonds is 6. The van der Waals surface area contributed by atoms with E-state index in [2.05, 4.69) is 12.2 Å². The number of carbonyl (C=O) groups is 2. The molecular formula is C25H24N2O3S. The van der Waals surface area contributed by atoms with E-state index in [1.54, 1.807) is 11.8 Å². The highest BCUT2D eigenvalue weighted by Crippen LogP contribution is 2.42. The summed E-state index contributed by atoms with van der Waals surface area (Å²) >= 11 is 1.54. The molecule has 3 aromatic carbocycles. The fraction of sp³-hybridized carbons (Fsp3) is 0.200. The lowest BCUT2D eigenvalue weighted by Crippen LogP contribution is -2.31. The number of hydrogen-bond acceptors (Lipinski definition) is 4. The zero-order valence-electron chi connectivity index (χ0n) is 17.6. The van der Waals surface area contributed by atoms with E-state index in [1.165, 1.54) is 0 Å². The standard InChI is InChI=1S/C25H24N2O3S/c1-3-13-27-21-12-11-18(26-24(28)16-30-19-8-6-7-17(2)14-19)15-23(21)31-22-10-5-4-9-20(22)25(27)29/h4-12,14-15H,3,13,16H2,1-2H3,(H,26,28). The molecule has 0 aromatic heterocycles. The minimum atomic E-state index is -0.234. The van der Waals surface area contributed by atoms with Crippen LogP contribution >= 0.6 is 11.8 Å². The topological polar surface area (TPSA) is 58.6 Å². The quantitative estimate of drug-likeness (QED) is 0.556. The van der Waals surface area contributed by atoms with Crippen LogP contribution in [0.1, 0.15) is 29.3 Å². The second-order valence-corrected chi connectivity index (χ2v) is 8.47. The van der Waals surface area contributed by atoms with Crippen molar-refractivity contribution in [2.75, 3.05) is 23.4 Å². The Morgan fingerprint density at radius 2 is 1.87 bits per heavy atom. The van der Waals surface area contributed by atoms with Crippen LogP contribution in [-0.2, 0) is 4.79 Å². The van der Waals surface area contributed by atoms with Gasteiger partial charge in [-0.3, -0.25) is 9.59 Å². The summed E-state index contributed by atoms with van der Waals surface area (Å²) in [6.45, 7) is 4.60. The van der Waals surface area contributed by atoms with Gasteiger partial charge >= 0.3 is 0 Å². The molecule has 0 saturated heterocycles. The zero-order chi connectivity index (χ0) is 21.8. The number of nitrogens with one attached hydrogen (secondary N) is 1. The molecule has 0 aliphatic carbocycles. The zero-order valence-corrected chi connectivity index (χ0v) is 18.4. The van der Waals surface area contributed by atoms with Gasteiger partial charge in [-0.25, -0.2) is 0 Å². The molecule has 31 heavy (non-hydrogen) atoms. The first-order valence-electron chi connectivity index (χ1n) is 10.3. The predicted molar refractivity (Wildman–Crippen MR) is 124 cm³/mol. The van der Waals surface area contributed by atoms with Crippen LogP contribution in [0.25, 0.3) is 0 Å². The highest BCUT2D eigenvalue weighted by atomic mass is 32.2. The Bertz CT molecular complexity index is 1130. The summed E-state index contributed by atoms with van der Waals surface area (Å²) in [6.07, 6.45) is 0.854. The van der Waals surface area contributed by atoms with Crippen molar-refractivity contribution in [2.45, 2.75) is 30.1 Å². The molecule has 2 amide bonds. The van der Waals surface area contributed by atoms with Crippen LogP contribution in [-0.4, -0.2) is 25.0 Å². The van der Waals surface area contributed by atoms with E-state index in [9.17, 15) is 9.59 Å². The molecule has 6 heteroatoms.